The van der Waals surface area contributed by atoms with Gasteiger partial charge in [-0.05, 0) is 25.1 Å². The number of benzene rings is 1. The second-order valence-electron chi connectivity index (χ2n) is 5.90. The molecule has 6 nitrogen and oxygen atoms in total. The molecule has 1 aromatic carbocycles. The molecule has 0 saturated carbocycles. The average Bonchev–Trinajstić information content (AvgIpc) is 2.86. The van der Waals surface area contributed by atoms with E-state index in [1.165, 1.54) is 10.4 Å². The molecule has 2 saturated heterocycles. The minimum Gasteiger partial charge on any atom is -0.461 e. The lowest BCUT2D eigenvalue weighted by Crippen LogP contribution is -2.53. The van der Waals surface area contributed by atoms with Gasteiger partial charge >= 0.3 is 5.97 Å². The summed E-state index contributed by atoms with van der Waals surface area (Å²) in [7, 11) is -3.55. The molecule has 2 atom stereocenters. The zero-order valence-corrected chi connectivity index (χ0v) is 14.4. The molecule has 2 aliphatic rings. The van der Waals surface area contributed by atoms with Gasteiger partial charge in [0.25, 0.3) is 0 Å². The van der Waals surface area contributed by atoms with E-state index in [2.05, 4.69) is 0 Å². The number of sulfonamides is 1. The molecule has 0 amide bonds. The maximum absolute atomic E-state index is 12.6. The molecule has 23 heavy (non-hydrogen) atoms. The number of ether oxygens (including phenoxy) is 1. The van der Waals surface area contributed by atoms with Crippen molar-refractivity contribution in [2.75, 3.05) is 26.2 Å². The van der Waals surface area contributed by atoms with Crippen molar-refractivity contribution in [2.24, 2.45) is 0 Å². The van der Waals surface area contributed by atoms with E-state index in [1.807, 2.05) is 11.8 Å². The summed E-state index contributed by atoms with van der Waals surface area (Å²) >= 11 is 5.89. The molecule has 0 radical (unpaired) electrons. The summed E-state index contributed by atoms with van der Waals surface area (Å²) < 4.78 is 31.9. The molecule has 0 aromatic heterocycles. The second-order valence-corrected chi connectivity index (χ2v) is 8.27. The quantitative estimate of drug-likeness (QED) is 0.763. The van der Waals surface area contributed by atoms with Crippen molar-refractivity contribution in [2.45, 2.75) is 30.4 Å². The number of carbonyl (C=O) groups excluding carboxylic acids is 1. The Kier molecular flexibility index (Phi) is 4.64. The SMILES string of the molecule is CC1CC(N2CCN(S(=O)(=O)c3cccc(Cl)c3)CC2)C(=O)O1. The van der Waals surface area contributed by atoms with Crippen LogP contribution in [0.5, 0.6) is 0 Å². The lowest BCUT2D eigenvalue weighted by atomic mass is 10.1. The van der Waals surface area contributed by atoms with Crippen LogP contribution in [0.3, 0.4) is 0 Å². The van der Waals surface area contributed by atoms with Crippen LogP contribution in [-0.4, -0.2) is 61.9 Å². The largest absolute Gasteiger partial charge is 0.461 e. The Morgan fingerprint density at radius 1 is 1.22 bits per heavy atom. The first-order chi connectivity index (χ1) is 10.9. The predicted molar refractivity (Wildman–Crippen MR) is 85.7 cm³/mol. The smallest absolute Gasteiger partial charge is 0.323 e. The molecule has 2 aliphatic heterocycles. The number of hydrogen-bond acceptors (Lipinski definition) is 5. The fraction of sp³-hybridized carbons (Fsp3) is 0.533. The standard InChI is InChI=1S/C15H19ClN2O4S/c1-11-9-14(15(19)22-11)17-5-7-18(8-6-17)23(20,21)13-4-2-3-12(16)10-13/h2-4,10-11,14H,5-9H2,1H3. The van der Waals surface area contributed by atoms with Gasteiger partial charge in [0.15, 0.2) is 0 Å². The Morgan fingerprint density at radius 2 is 1.91 bits per heavy atom. The molecule has 0 aliphatic carbocycles. The highest BCUT2D eigenvalue weighted by Crippen LogP contribution is 2.24. The molecule has 1 aromatic rings. The van der Waals surface area contributed by atoms with Crippen molar-refractivity contribution in [3.63, 3.8) is 0 Å². The summed E-state index contributed by atoms with van der Waals surface area (Å²) in [6, 6.07) is 6.02. The van der Waals surface area contributed by atoms with Crippen molar-refractivity contribution >= 4 is 27.6 Å². The summed E-state index contributed by atoms with van der Waals surface area (Å²) in [5.41, 5.74) is 0. The van der Waals surface area contributed by atoms with Gasteiger partial charge < -0.3 is 4.74 Å². The van der Waals surface area contributed by atoms with Crippen LogP contribution in [0.15, 0.2) is 29.2 Å². The third-order valence-electron chi connectivity index (χ3n) is 4.29. The Hall–Kier alpha value is -1.15. The number of hydrogen-bond donors (Lipinski definition) is 0. The van der Waals surface area contributed by atoms with Gasteiger partial charge in [0.2, 0.25) is 10.0 Å². The Labute approximate surface area is 141 Å². The van der Waals surface area contributed by atoms with Gasteiger partial charge in [0.05, 0.1) is 4.90 Å². The van der Waals surface area contributed by atoms with Gasteiger partial charge in [0, 0.05) is 37.6 Å². The molecule has 2 fully saturated rings. The number of piperazine rings is 1. The van der Waals surface area contributed by atoms with Crippen LogP contribution in [0.4, 0.5) is 0 Å². The molecule has 0 bridgehead atoms. The summed E-state index contributed by atoms with van der Waals surface area (Å²) in [6.45, 7) is 3.62. The van der Waals surface area contributed by atoms with Crippen LogP contribution in [0.2, 0.25) is 5.02 Å². The van der Waals surface area contributed by atoms with Gasteiger partial charge in [-0.1, -0.05) is 17.7 Å². The zero-order chi connectivity index (χ0) is 16.6. The summed E-state index contributed by atoms with van der Waals surface area (Å²) in [6.07, 6.45) is 0.598. The number of esters is 1. The van der Waals surface area contributed by atoms with Crippen LogP contribution in [0, 0.1) is 0 Å². The Balaban J connectivity index is 1.68. The molecular weight excluding hydrogens is 340 g/mol. The van der Waals surface area contributed by atoms with Crippen LogP contribution < -0.4 is 0 Å². The summed E-state index contributed by atoms with van der Waals surface area (Å²) in [4.78, 5) is 14.0. The van der Waals surface area contributed by atoms with E-state index in [4.69, 9.17) is 16.3 Å². The Bertz CT molecular complexity index is 701. The number of cyclic esters (lactones) is 1. The minimum atomic E-state index is -3.55. The van der Waals surface area contributed by atoms with Crippen LogP contribution in [0.25, 0.3) is 0 Å². The van der Waals surface area contributed by atoms with E-state index in [0.717, 1.165) is 0 Å². The third-order valence-corrected chi connectivity index (χ3v) is 6.42. The second kappa shape index (κ2) is 6.39. The molecule has 2 heterocycles. The first kappa shape index (κ1) is 16.7. The summed E-state index contributed by atoms with van der Waals surface area (Å²) in [5.74, 6) is -0.205. The van der Waals surface area contributed by atoms with Crippen molar-refractivity contribution in [1.82, 2.24) is 9.21 Å². The number of rotatable bonds is 3. The van der Waals surface area contributed by atoms with Crippen molar-refractivity contribution in [1.29, 1.82) is 0 Å². The van der Waals surface area contributed by atoms with E-state index in [-0.39, 0.29) is 23.0 Å². The highest BCUT2D eigenvalue weighted by Gasteiger charge is 2.39. The maximum atomic E-state index is 12.6. The Morgan fingerprint density at radius 3 is 2.48 bits per heavy atom. The molecular formula is C15H19ClN2O4S. The van der Waals surface area contributed by atoms with E-state index in [9.17, 15) is 13.2 Å². The van der Waals surface area contributed by atoms with Crippen LogP contribution in [-0.2, 0) is 19.6 Å². The summed E-state index contributed by atoms with van der Waals surface area (Å²) in [5, 5.41) is 0.396. The molecule has 126 valence electrons. The maximum Gasteiger partial charge on any atom is 0.323 e. The van der Waals surface area contributed by atoms with Crippen LogP contribution in [0.1, 0.15) is 13.3 Å². The van der Waals surface area contributed by atoms with Gasteiger partial charge in [-0.3, -0.25) is 9.69 Å². The molecule has 8 heteroatoms. The fourth-order valence-electron chi connectivity index (χ4n) is 3.07. The topological polar surface area (TPSA) is 66.9 Å². The first-order valence-electron chi connectivity index (χ1n) is 7.58. The fourth-order valence-corrected chi connectivity index (χ4v) is 4.79. The van der Waals surface area contributed by atoms with Gasteiger partial charge in [-0.2, -0.15) is 4.31 Å². The molecule has 3 rings (SSSR count). The number of carbonyl (C=O) groups is 1. The van der Waals surface area contributed by atoms with E-state index in [0.29, 0.717) is 37.6 Å². The lowest BCUT2D eigenvalue weighted by Gasteiger charge is -2.35. The number of nitrogens with zero attached hydrogens (tertiary/aromatic N) is 2. The molecule has 0 N–H and O–H groups in total. The van der Waals surface area contributed by atoms with Gasteiger partial charge in [0.1, 0.15) is 12.1 Å². The van der Waals surface area contributed by atoms with Crippen molar-refractivity contribution in [3.05, 3.63) is 29.3 Å². The predicted octanol–water partition coefficient (Wildman–Crippen LogP) is 1.35. The lowest BCUT2D eigenvalue weighted by molar-refractivity contribution is -0.145. The van der Waals surface area contributed by atoms with Crippen molar-refractivity contribution < 1.29 is 17.9 Å². The highest BCUT2D eigenvalue weighted by molar-refractivity contribution is 7.89. The van der Waals surface area contributed by atoms with Crippen LogP contribution >= 0.6 is 11.6 Å². The highest BCUT2D eigenvalue weighted by atomic mass is 35.5. The van der Waals surface area contributed by atoms with E-state index < -0.39 is 10.0 Å². The zero-order valence-electron chi connectivity index (χ0n) is 12.8. The van der Waals surface area contributed by atoms with Gasteiger partial charge in [-0.25, -0.2) is 8.42 Å². The number of halogens is 1. The monoisotopic (exact) mass is 358 g/mol. The third kappa shape index (κ3) is 3.38. The van der Waals surface area contributed by atoms with Crippen molar-refractivity contribution in [3.8, 4) is 0 Å². The van der Waals surface area contributed by atoms with E-state index >= 15 is 0 Å². The normalized spacial score (nSPS) is 27.1. The average molecular weight is 359 g/mol. The molecule has 2 unspecified atom stereocenters. The van der Waals surface area contributed by atoms with Gasteiger partial charge in [-0.15, -0.1) is 0 Å². The molecule has 0 spiro atoms. The first-order valence-corrected chi connectivity index (χ1v) is 9.40. The minimum absolute atomic E-state index is 0.0688. The van der Waals surface area contributed by atoms with E-state index in [1.54, 1.807) is 18.2 Å².